The van der Waals surface area contributed by atoms with Gasteiger partial charge >= 0.3 is 5.97 Å². The maximum atomic E-state index is 12.6. The molecule has 2 saturated carbocycles. The van der Waals surface area contributed by atoms with Gasteiger partial charge in [0.25, 0.3) is 0 Å². The second-order valence-electron chi connectivity index (χ2n) is 8.80. The molecule has 1 N–H and O–H groups in total. The Morgan fingerprint density at radius 2 is 2.12 bits per heavy atom. The van der Waals surface area contributed by atoms with Gasteiger partial charge in [0.05, 0.1) is 23.5 Å². The zero-order valence-corrected chi connectivity index (χ0v) is 14.9. The van der Waals surface area contributed by atoms with Crippen LogP contribution in [0.5, 0.6) is 0 Å². The van der Waals surface area contributed by atoms with E-state index in [1.54, 1.807) is 12.5 Å². The molecule has 0 spiro atoms. The molecular formula is C20H28O4. The fourth-order valence-electron chi connectivity index (χ4n) is 6.30. The minimum atomic E-state index is -0.777. The largest absolute Gasteiger partial charge is 0.472 e. The molecule has 3 aliphatic rings. The van der Waals surface area contributed by atoms with Gasteiger partial charge in [-0.2, -0.15) is 0 Å². The van der Waals surface area contributed by atoms with Gasteiger partial charge in [-0.05, 0) is 56.6 Å². The molecular weight excluding hydrogens is 304 g/mol. The summed E-state index contributed by atoms with van der Waals surface area (Å²) in [5, 5.41) is 11.9. The first kappa shape index (κ1) is 16.2. The van der Waals surface area contributed by atoms with Crippen LogP contribution in [0.25, 0.3) is 0 Å². The summed E-state index contributed by atoms with van der Waals surface area (Å²) in [6.45, 7) is 6.38. The van der Waals surface area contributed by atoms with Crippen molar-refractivity contribution in [3.63, 3.8) is 0 Å². The van der Waals surface area contributed by atoms with E-state index in [1.165, 1.54) is 0 Å². The van der Waals surface area contributed by atoms with E-state index in [0.717, 1.165) is 37.7 Å². The van der Waals surface area contributed by atoms with E-state index >= 15 is 0 Å². The molecule has 2 heterocycles. The van der Waals surface area contributed by atoms with E-state index in [1.807, 2.05) is 6.07 Å². The molecule has 4 rings (SSSR count). The minimum absolute atomic E-state index is 0.0306. The Morgan fingerprint density at radius 3 is 2.83 bits per heavy atom. The van der Waals surface area contributed by atoms with Gasteiger partial charge in [-0.25, -0.2) is 0 Å². The van der Waals surface area contributed by atoms with Gasteiger partial charge < -0.3 is 14.3 Å². The van der Waals surface area contributed by atoms with Crippen molar-refractivity contribution >= 4 is 5.97 Å². The van der Waals surface area contributed by atoms with Crippen LogP contribution in [0, 0.1) is 22.7 Å². The normalized spacial score (nSPS) is 47.3. The fraction of sp³-hybridized carbons (Fsp3) is 0.750. The van der Waals surface area contributed by atoms with Crippen molar-refractivity contribution in [3.05, 3.63) is 24.2 Å². The molecule has 24 heavy (non-hydrogen) atoms. The van der Waals surface area contributed by atoms with E-state index in [0.29, 0.717) is 6.42 Å². The molecule has 0 unspecified atom stereocenters. The second-order valence-corrected chi connectivity index (χ2v) is 8.80. The van der Waals surface area contributed by atoms with E-state index in [2.05, 4.69) is 20.8 Å². The first-order valence-corrected chi connectivity index (χ1v) is 9.26. The zero-order valence-electron chi connectivity index (χ0n) is 14.9. The molecule has 4 heteroatoms. The summed E-state index contributed by atoms with van der Waals surface area (Å²) in [5.41, 5.74) is -0.362. The molecule has 2 aliphatic carbocycles. The van der Waals surface area contributed by atoms with E-state index in [9.17, 15) is 9.90 Å². The first-order valence-electron chi connectivity index (χ1n) is 9.26. The van der Waals surface area contributed by atoms with Crippen LogP contribution < -0.4 is 0 Å². The maximum absolute atomic E-state index is 12.6. The number of rotatable bonds is 3. The molecule has 1 aliphatic heterocycles. The predicted molar refractivity (Wildman–Crippen MR) is 89.2 cm³/mol. The van der Waals surface area contributed by atoms with Crippen molar-refractivity contribution in [2.75, 3.05) is 0 Å². The molecule has 0 aromatic carbocycles. The number of carbonyl (C=O) groups excluding carboxylic acids is 1. The molecule has 1 aromatic heterocycles. The Balaban J connectivity index is 1.70. The molecule has 6 atom stereocenters. The highest BCUT2D eigenvalue weighted by molar-refractivity contribution is 5.80. The summed E-state index contributed by atoms with van der Waals surface area (Å²) in [4.78, 5) is 12.6. The summed E-state index contributed by atoms with van der Waals surface area (Å²) in [7, 11) is 0. The third-order valence-electron chi connectivity index (χ3n) is 7.63. The number of ether oxygens (including phenoxy) is 1. The van der Waals surface area contributed by atoms with Crippen molar-refractivity contribution < 1.29 is 19.1 Å². The number of esters is 1. The average molecular weight is 332 g/mol. The lowest BCUT2D eigenvalue weighted by molar-refractivity contribution is -0.217. The van der Waals surface area contributed by atoms with Crippen LogP contribution in [-0.2, 0) is 16.0 Å². The van der Waals surface area contributed by atoms with Crippen LogP contribution in [0.2, 0.25) is 0 Å². The molecule has 4 nitrogen and oxygen atoms in total. The highest BCUT2D eigenvalue weighted by atomic mass is 16.6. The Hall–Kier alpha value is -1.29. The van der Waals surface area contributed by atoms with Crippen LogP contribution in [0.1, 0.15) is 58.4 Å². The molecule has 1 aromatic rings. The van der Waals surface area contributed by atoms with E-state index < -0.39 is 11.0 Å². The van der Waals surface area contributed by atoms with Gasteiger partial charge in [0, 0.05) is 11.3 Å². The van der Waals surface area contributed by atoms with Gasteiger partial charge in [-0.15, -0.1) is 0 Å². The zero-order chi connectivity index (χ0) is 17.2. The molecule has 1 saturated heterocycles. The minimum Gasteiger partial charge on any atom is -0.472 e. The van der Waals surface area contributed by atoms with Crippen molar-refractivity contribution in [2.24, 2.45) is 22.7 Å². The van der Waals surface area contributed by atoms with Gasteiger partial charge in [0.15, 0.2) is 0 Å². The summed E-state index contributed by atoms with van der Waals surface area (Å²) >= 11 is 0. The van der Waals surface area contributed by atoms with Crippen LogP contribution >= 0.6 is 0 Å². The number of furan rings is 1. The Morgan fingerprint density at radius 1 is 1.33 bits per heavy atom. The molecule has 0 radical (unpaired) electrons. The van der Waals surface area contributed by atoms with Crippen LogP contribution in [0.3, 0.4) is 0 Å². The maximum Gasteiger partial charge on any atom is 0.312 e. The summed E-state index contributed by atoms with van der Waals surface area (Å²) in [6, 6.07) is 1.97. The summed E-state index contributed by atoms with van der Waals surface area (Å²) < 4.78 is 11.0. The fourth-order valence-corrected chi connectivity index (χ4v) is 6.30. The molecule has 0 bridgehead atoms. The average Bonchev–Trinajstić information content (AvgIpc) is 3.12. The Bertz CT molecular complexity index is 638. The number of hydrogen-bond donors (Lipinski definition) is 1. The van der Waals surface area contributed by atoms with Gasteiger partial charge in [-0.1, -0.05) is 20.3 Å². The van der Waals surface area contributed by atoms with E-state index in [-0.39, 0.29) is 29.3 Å². The third kappa shape index (κ3) is 1.92. The second kappa shape index (κ2) is 5.10. The number of aliphatic hydroxyl groups is 1. The molecule has 3 fully saturated rings. The first-order chi connectivity index (χ1) is 11.3. The molecule has 0 amide bonds. The highest BCUT2D eigenvalue weighted by Crippen LogP contribution is 2.67. The van der Waals surface area contributed by atoms with Gasteiger partial charge in [-0.3, -0.25) is 4.79 Å². The topological polar surface area (TPSA) is 59.7 Å². The SMILES string of the molecule is C[C@H]1C[C@@H]2OC(=O)[C@@]3(C)CCC[C@](C)([C@H]23)[C@@]1(O)CCc1ccoc1. The van der Waals surface area contributed by atoms with Crippen LogP contribution in [-0.4, -0.2) is 22.8 Å². The number of hydrogen-bond acceptors (Lipinski definition) is 4. The number of aryl methyl sites for hydroxylation is 1. The lowest BCUT2D eigenvalue weighted by atomic mass is 9.44. The lowest BCUT2D eigenvalue weighted by Crippen LogP contribution is -2.65. The standard InChI is InChI=1S/C20H28O4/c1-13-11-15-16-18(2,17(21)24-15)7-4-8-19(16,3)20(13,22)9-5-14-6-10-23-12-14/h6,10,12-13,15-16,22H,4-5,7-9,11H2,1-3H3/t13-,15-,16+,18-,19+,20+/m0/s1. The van der Waals surface area contributed by atoms with Crippen LogP contribution in [0.15, 0.2) is 23.0 Å². The van der Waals surface area contributed by atoms with Crippen LogP contribution in [0.4, 0.5) is 0 Å². The van der Waals surface area contributed by atoms with Crippen molar-refractivity contribution in [1.82, 2.24) is 0 Å². The predicted octanol–water partition coefficient (Wildman–Crippen LogP) is 3.72. The summed E-state index contributed by atoms with van der Waals surface area (Å²) in [5.74, 6) is 0.190. The highest BCUT2D eigenvalue weighted by Gasteiger charge is 2.70. The third-order valence-corrected chi connectivity index (χ3v) is 7.63. The lowest BCUT2D eigenvalue weighted by Gasteiger charge is -2.61. The monoisotopic (exact) mass is 332 g/mol. The van der Waals surface area contributed by atoms with Gasteiger partial charge in [0.1, 0.15) is 6.10 Å². The number of carbonyl (C=O) groups is 1. The molecule has 132 valence electrons. The Labute approximate surface area is 143 Å². The van der Waals surface area contributed by atoms with Crippen molar-refractivity contribution in [2.45, 2.75) is 71.0 Å². The summed E-state index contributed by atoms with van der Waals surface area (Å²) in [6.07, 6.45) is 8.51. The van der Waals surface area contributed by atoms with Crippen molar-refractivity contribution in [1.29, 1.82) is 0 Å². The van der Waals surface area contributed by atoms with Gasteiger partial charge in [0.2, 0.25) is 0 Å². The Kier molecular flexibility index (Phi) is 3.44. The van der Waals surface area contributed by atoms with Crippen molar-refractivity contribution in [3.8, 4) is 0 Å². The quantitative estimate of drug-likeness (QED) is 0.857. The van der Waals surface area contributed by atoms with E-state index in [4.69, 9.17) is 9.15 Å². The smallest absolute Gasteiger partial charge is 0.312 e.